The van der Waals surface area contributed by atoms with Gasteiger partial charge in [-0.2, -0.15) is 13.2 Å². The highest BCUT2D eigenvalue weighted by molar-refractivity contribution is 5.80. The number of nitrogens with zero attached hydrogens (tertiary/aromatic N) is 2. The lowest BCUT2D eigenvalue weighted by Gasteiger charge is -2.21. The summed E-state index contributed by atoms with van der Waals surface area (Å²) in [7, 11) is 1.71. The Balaban J connectivity index is 1.62. The Hall–Kier alpha value is -1.76. The van der Waals surface area contributed by atoms with Crippen molar-refractivity contribution in [3.05, 3.63) is 35.9 Å². The maximum absolute atomic E-state index is 12.1. The van der Waals surface area contributed by atoms with Crippen LogP contribution in [0, 0.1) is 5.92 Å². The summed E-state index contributed by atoms with van der Waals surface area (Å²) >= 11 is 0. The fourth-order valence-corrected chi connectivity index (χ4v) is 3.06. The van der Waals surface area contributed by atoms with Crippen LogP contribution < -0.4 is 5.32 Å². The standard InChI is InChI=1S/C19H28F3N3O/c1-23-18(24-11-6-5-10-19(20,21)22)25-12-9-17(13-25)15-26-14-16-7-3-2-4-8-16/h2-4,7-8,17H,5-6,9-15H2,1H3,(H,23,24). The molecule has 26 heavy (non-hydrogen) atoms. The first-order chi connectivity index (χ1) is 12.5. The minimum absolute atomic E-state index is 0.142. The molecule has 1 fully saturated rings. The molecular weight excluding hydrogens is 343 g/mol. The molecule has 0 amide bonds. The van der Waals surface area contributed by atoms with Gasteiger partial charge in [0.05, 0.1) is 13.2 Å². The Bertz CT molecular complexity index is 549. The fourth-order valence-electron chi connectivity index (χ4n) is 3.06. The number of hydrogen-bond donors (Lipinski definition) is 1. The van der Waals surface area contributed by atoms with E-state index in [9.17, 15) is 13.2 Å². The first kappa shape index (κ1) is 20.6. The minimum atomic E-state index is -4.07. The summed E-state index contributed by atoms with van der Waals surface area (Å²) < 4.78 is 42.2. The molecule has 1 aromatic rings. The largest absolute Gasteiger partial charge is 0.389 e. The molecular formula is C19H28F3N3O. The summed E-state index contributed by atoms with van der Waals surface area (Å²) in [6.07, 6.45) is -3.13. The van der Waals surface area contributed by atoms with E-state index in [4.69, 9.17) is 4.74 Å². The number of rotatable bonds is 8. The average Bonchev–Trinajstić information content (AvgIpc) is 3.07. The van der Waals surface area contributed by atoms with Gasteiger partial charge in [-0.15, -0.1) is 0 Å². The van der Waals surface area contributed by atoms with Gasteiger partial charge >= 0.3 is 6.18 Å². The van der Waals surface area contributed by atoms with Gasteiger partial charge in [-0.25, -0.2) is 0 Å². The molecule has 0 radical (unpaired) electrons. The Morgan fingerprint density at radius 1 is 1.27 bits per heavy atom. The molecule has 1 atom stereocenters. The van der Waals surface area contributed by atoms with Gasteiger partial charge in [0.2, 0.25) is 0 Å². The normalized spacial score (nSPS) is 18.4. The number of alkyl halides is 3. The van der Waals surface area contributed by atoms with E-state index >= 15 is 0 Å². The number of ether oxygens (including phenoxy) is 1. The molecule has 7 heteroatoms. The van der Waals surface area contributed by atoms with Gasteiger partial charge in [-0.05, 0) is 24.8 Å². The van der Waals surface area contributed by atoms with Crippen LogP contribution in [0.25, 0.3) is 0 Å². The number of nitrogens with one attached hydrogen (secondary N) is 1. The zero-order valence-electron chi connectivity index (χ0n) is 15.3. The second-order valence-electron chi connectivity index (χ2n) is 6.65. The maximum Gasteiger partial charge on any atom is 0.389 e. The number of hydrogen-bond acceptors (Lipinski definition) is 2. The molecule has 0 aliphatic carbocycles. The van der Waals surface area contributed by atoms with Crippen molar-refractivity contribution >= 4 is 5.96 Å². The summed E-state index contributed by atoms with van der Waals surface area (Å²) in [5.41, 5.74) is 1.17. The Kier molecular flexibility index (Phi) is 8.22. The monoisotopic (exact) mass is 371 g/mol. The quantitative estimate of drug-likeness (QED) is 0.429. The molecule has 0 spiro atoms. The molecule has 146 valence electrons. The number of halogens is 3. The third kappa shape index (κ3) is 7.64. The van der Waals surface area contributed by atoms with E-state index in [1.54, 1.807) is 7.05 Å². The van der Waals surface area contributed by atoms with Crippen LogP contribution in [0.5, 0.6) is 0 Å². The number of aliphatic imine (C=N–C) groups is 1. The zero-order valence-corrected chi connectivity index (χ0v) is 15.3. The van der Waals surface area contributed by atoms with Crippen molar-refractivity contribution in [2.45, 2.75) is 38.5 Å². The summed E-state index contributed by atoms with van der Waals surface area (Å²) in [6.45, 7) is 3.57. The van der Waals surface area contributed by atoms with Crippen LogP contribution in [0.4, 0.5) is 13.2 Å². The van der Waals surface area contributed by atoms with Crippen LogP contribution in [0.15, 0.2) is 35.3 Å². The van der Waals surface area contributed by atoms with Crippen LogP contribution in [-0.2, 0) is 11.3 Å². The molecule has 1 aliphatic rings. The molecule has 2 rings (SSSR count). The van der Waals surface area contributed by atoms with Crippen LogP contribution in [0.1, 0.15) is 31.2 Å². The molecule has 1 unspecified atom stereocenters. The average molecular weight is 371 g/mol. The Morgan fingerprint density at radius 2 is 2.04 bits per heavy atom. The lowest BCUT2D eigenvalue weighted by atomic mass is 10.1. The predicted molar refractivity (Wildman–Crippen MR) is 97.0 cm³/mol. The van der Waals surface area contributed by atoms with Crippen molar-refractivity contribution in [3.63, 3.8) is 0 Å². The van der Waals surface area contributed by atoms with Crippen molar-refractivity contribution in [2.24, 2.45) is 10.9 Å². The smallest absolute Gasteiger partial charge is 0.376 e. The molecule has 1 aliphatic heterocycles. The molecule has 1 aromatic carbocycles. The number of likely N-dealkylation sites (tertiary alicyclic amines) is 1. The van der Waals surface area contributed by atoms with Crippen molar-refractivity contribution < 1.29 is 17.9 Å². The number of benzene rings is 1. The van der Waals surface area contributed by atoms with Gasteiger partial charge in [0, 0.05) is 39.0 Å². The van der Waals surface area contributed by atoms with Gasteiger partial charge in [0.1, 0.15) is 0 Å². The topological polar surface area (TPSA) is 36.9 Å². The summed E-state index contributed by atoms with van der Waals surface area (Å²) in [4.78, 5) is 6.40. The van der Waals surface area contributed by atoms with E-state index in [0.29, 0.717) is 32.1 Å². The van der Waals surface area contributed by atoms with Crippen LogP contribution in [0.3, 0.4) is 0 Å². The Morgan fingerprint density at radius 3 is 2.73 bits per heavy atom. The van der Waals surface area contributed by atoms with E-state index in [1.807, 2.05) is 30.3 Å². The highest BCUT2D eigenvalue weighted by atomic mass is 19.4. The van der Waals surface area contributed by atoms with Gasteiger partial charge in [-0.1, -0.05) is 30.3 Å². The van der Waals surface area contributed by atoms with E-state index in [0.717, 1.165) is 25.5 Å². The van der Waals surface area contributed by atoms with E-state index in [2.05, 4.69) is 15.2 Å². The van der Waals surface area contributed by atoms with E-state index < -0.39 is 12.6 Å². The van der Waals surface area contributed by atoms with Crippen molar-refractivity contribution in [1.82, 2.24) is 10.2 Å². The molecule has 0 saturated carbocycles. The summed E-state index contributed by atoms with van der Waals surface area (Å²) in [5.74, 6) is 1.21. The second-order valence-corrected chi connectivity index (χ2v) is 6.65. The summed E-state index contributed by atoms with van der Waals surface area (Å²) in [5, 5.41) is 3.17. The second kappa shape index (κ2) is 10.4. The van der Waals surface area contributed by atoms with Crippen LogP contribution >= 0.6 is 0 Å². The first-order valence-electron chi connectivity index (χ1n) is 9.12. The van der Waals surface area contributed by atoms with Gasteiger partial charge < -0.3 is 15.0 Å². The SMILES string of the molecule is CN=C(NCCCCC(F)(F)F)N1CCC(COCc2ccccc2)C1. The first-order valence-corrected chi connectivity index (χ1v) is 9.12. The predicted octanol–water partition coefficient (Wildman–Crippen LogP) is 3.83. The third-order valence-corrected chi connectivity index (χ3v) is 4.43. The molecule has 0 aromatic heterocycles. The van der Waals surface area contributed by atoms with Crippen LogP contribution in [0.2, 0.25) is 0 Å². The van der Waals surface area contributed by atoms with Gasteiger partial charge in [0.25, 0.3) is 0 Å². The molecule has 1 heterocycles. The lowest BCUT2D eigenvalue weighted by molar-refractivity contribution is -0.135. The van der Waals surface area contributed by atoms with E-state index in [1.165, 1.54) is 5.56 Å². The number of unbranched alkanes of at least 4 members (excludes halogenated alkanes) is 1. The fraction of sp³-hybridized carbons (Fsp3) is 0.632. The minimum Gasteiger partial charge on any atom is -0.376 e. The van der Waals surface area contributed by atoms with Gasteiger partial charge in [-0.3, -0.25) is 4.99 Å². The van der Waals surface area contributed by atoms with E-state index in [-0.39, 0.29) is 6.42 Å². The molecule has 1 N–H and O–H groups in total. The highest BCUT2D eigenvalue weighted by Crippen LogP contribution is 2.22. The van der Waals surface area contributed by atoms with Crippen LogP contribution in [-0.4, -0.2) is 50.3 Å². The lowest BCUT2D eigenvalue weighted by Crippen LogP contribution is -2.40. The number of guanidine groups is 1. The summed E-state index contributed by atoms with van der Waals surface area (Å²) in [6, 6.07) is 10.1. The van der Waals surface area contributed by atoms with Gasteiger partial charge in [0.15, 0.2) is 5.96 Å². The van der Waals surface area contributed by atoms with Crippen molar-refractivity contribution in [3.8, 4) is 0 Å². The van der Waals surface area contributed by atoms with Crippen molar-refractivity contribution in [2.75, 3.05) is 33.3 Å². The van der Waals surface area contributed by atoms with Crippen molar-refractivity contribution in [1.29, 1.82) is 0 Å². The molecule has 1 saturated heterocycles. The molecule has 4 nitrogen and oxygen atoms in total. The third-order valence-electron chi connectivity index (χ3n) is 4.43. The maximum atomic E-state index is 12.1. The highest BCUT2D eigenvalue weighted by Gasteiger charge is 2.26. The zero-order chi connectivity index (χ0) is 18.8. The Labute approximate surface area is 153 Å². The molecule has 0 bridgehead atoms.